The average Bonchev–Trinajstić information content (AvgIpc) is 3.01. The Bertz CT molecular complexity index is 888. The number of nitrogens with one attached hydrogen (secondary N) is 2. The highest BCUT2D eigenvalue weighted by atomic mass is 127. The molecule has 0 aliphatic carbocycles. The van der Waals surface area contributed by atoms with E-state index in [2.05, 4.69) is 38.9 Å². The first-order valence-corrected chi connectivity index (χ1v) is 10.1. The van der Waals surface area contributed by atoms with Crippen LogP contribution >= 0.6 is 24.0 Å². The number of guanidine groups is 1. The van der Waals surface area contributed by atoms with Gasteiger partial charge in [-0.05, 0) is 52.3 Å². The molecule has 1 aromatic carbocycles. The van der Waals surface area contributed by atoms with E-state index in [1.54, 1.807) is 19.0 Å². The maximum atomic E-state index is 12.0. The van der Waals surface area contributed by atoms with E-state index in [0.717, 1.165) is 22.6 Å². The van der Waals surface area contributed by atoms with E-state index in [4.69, 9.17) is 4.74 Å². The molecule has 0 radical (unpaired) electrons. The lowest BCUT2D eigenvalue weighted by Gasteiger charge is -2.25. The summed E-state index contributed by atoms with van der Waals surface area (Å²) >= 11 is 0. The highest BCUT2D eigenvalue weighted by Crippen LogP contribution is 2.16. The lowest BCUT2D eigenvalue weighted by atomic mass is 10.1. The largest absolute Gasteiger partial charge is 0.444 e. The van der Waals surface area contributed by atoms with Crippen molar-refractivity contribution in [1.82, 2.24) is 25.3 Å². The van der Waals surface area contributed by atoms with Gasteiger partial charge < -0.3 is 20.3 Å². The van der Waals surface area contributed by atoms with Gasteiger partial charge in [-0.3, -0.25) is 4.99 Å². The van der Waals surface area contributed by atoms with Crippen molar-refractivity contribution in [1.29, 1.82) is 0 Å². The average molecular weight is 542 g/mol. The summed E-state index contributed by atoms with van der Waals surface area (Å²) in [4.78, 5) is 17.8. The number of benzene rings is 1. The number of hydrogen-bond acceptors (Lipinski definition) is 4. The number of nitrogens with zero attached hydrogens (tertiary/aromatic N) is 4. The van der Waals surface area contributed by atoms with Gasteiger partial charge in [0, 0.05) is 39.4 Å². The van der Waals surface area contributed by atoms with Crippen molar-refractivity contribution in [3.63, 3.8) is 0 Å². The van der Waals surface area contributed by atoms with Gasteiger partial charge in [-0.25, -0.2) is 9.48 Å². The number of amides is 1. The van der Waals surface area contributed by atoms with Gasteiger partial charge in [-0.2, -0.15) is 5.10 Å². The monoisotopic (exact) mass is 542 g/mol. The van der Waals surface area contributed by atoms with E-state index in [1.165, 1.54) is 0 Å². The van der Waals surface area contributed by atoms with Crippen molar-refractivity contribution in [2.45, 2.75) is 46.8 Å². The molecule has 0 aliphatic rings. The van der Waals surface area contributed by atoms with E-state index >= 15 is 0 Å². The van der Waals surface area contributed by atoms with Crippen LogP contribution in [0.2, 0.25) is 0 Å². The van der Waals surface area contributed by atoms with Gasteiger partial charge in [0.15, 0.2) is 5.96 Å². The predicted octanol–water partition coefficient (Wildman–Crippen LogP) is 3.64. The molecule has 2 N–H and O–H groups in total. The zero-order chi connectivity index (χ0) is 22.3. The summed E-state index contributed by atoms with van der Waals surface area (Å²) in [5, 5.41) is 11.1. The van der Waals surface area contributed by atoms with E-state index in [-0.39, 0.29) is 30.1 Å². The van der Waals surface area contributed by atoms with Crippen LogP contribution in [0.5, 0.6) is 0 Å². The van der Waals surface area contributed by atoms with Crippen LogP contribution in [0, 0.1) is 13.8 Å². The lowest BCUT2D eigenvalue weighted by Crippen LogP contribution is -2.42. The second-order valence-electron chi connectivity index (χ2n) is 8.22. The third kappa shape index (κ3) is 8.39. The first-order chi connectivity index (χ1) is 14.1. The smallest absolute Gasteiger partial charge is 0.410 e. The summed E-state index contributed by atoms with van der Waals surface area (Å²) in [6, 6.07) is 10.2. The van der Waals surface area contributed by atoms with E-state index in [1.807, 2.05) is 51.4 Å². The van der Waals surface area contributed by atoms with Crippen LogP contribution in [0.15, 0.2) is 35.3 Å². The highest BCUT2D eigenvalue weighted by molar-refractivity contribution is 14.0. The third-order valence-electron chi connectivity index (χ3n) is 4.34. The molecular weight excluding hydrogens is 507 g/mol. The summed E-state index contributed by atoms with van der Waals surface area (Å²) in [5.74, 6) is 0.663. The minimum atomic E-state index is -0.505. The van der Waals surface area contributed by atoms with Crippen molar-refractivity contribution in [2.75, 3.05) is 27.2 Å². The van der Waals surface area contributed by atoms with Crippen LogP contribution in [0.3, 0.4) is 0 Å². The van der Waals surface area contributed by atoms with Crippen LogP contribution in [-0.4, -0.2) is 59.5 Å². The number of carbonyl (C=O) groups excluding carboxylic acids is 1. The van der Waals surface area contributed by atoms with Crippen LogP contribution in [-0.2, 0) is 11.3 Å². The fourth-order valence-corrected chi connectivity index (χ4v) is 2.91. The molecule has 0 atom stereocenters. The molecule has 2 aromatic rings. The number of aryl methyl sites for hydroxylation is 2. The van der Waals surface area contributed by atoms with Gasteiger partial charge in [0.05, 0.1) is 11.4 Å². The zero-order valence-electron chi connectivity index (χ0n) is 19.5. The molecule has 0 fully saturated rings. The number of ether oxygens (including phenoxy) is 1. The van der Waals surface area contributed by atoms with Crippen molar-refractivity contribution < 1.29 is 9.53 Å². The summed E-state index contributed by atoms with van der Waals surface area (Å²) in [6.07, 6.45) is -0.342. The molecule has 1 amide bonds. The van der Waals surface area contributed by atoms with Crippen molar-refractivity contribution in [3.8, 4) is 5.69 Å². The Kier molecular flexibility index (Phi) is 10.3. The summed E-state index contributed by atoms with van der Waals surface area (Å²) < 4.78 is 7.32. The molecule has 31 heavy (non-hydrogen) atoms. The fourth-order valence-electron chi connectivity index (χ4n) is 2.91. The molecule has 0 aliphatic heterocycles. The number of halogens is 1. The third-order valence-corrected chi connectivity index (χ3v) is 4.34. The van der Waals surface area contributed by atoms with Crippen molar-refractivity contribution in [3.05, 3.63) is 47.3 Å². The fraction of sp³-hybridized carbons (Fsp3) is 0.500. The number of hydrogen-bond donors (Lipinski definition) is 2. The second kappa shape index (κ2) is 11.9. The molecule has 0 saturated carbocycles. The quantitative estimate of drug-likeness (QED) is 0.331. The molecule has 9 heteroatoms. The van der Waals surface area contributed by atoms with E-state index in [0.29, 0.717) is 25.6 Å². The van der Waals surface area contributed by atoms with Crippen LogP contribution in [0.4, 0.5) is 4.79 Å². The standard InChI is InChI=1S/C22H34N6O2.HI/c1-16-14-17(2)28(26-16)19-11-9-8-10-18(19)15-25-20(23-6)24-12-13-27(7)21(29)30-22(3,4)5;/h8-11,14H,12-13,15H2,1-7H3,(H2,23,24,25);1H. The molecule has 8 nitrogen and oxygen atoms in total. The van der Waals surface area contributed by atoms with Crippen molar-refractivity contribution in [2.24, 2.45) is 4.99 Å². The Labute approximate surface area is 202 Å². The van der Waals surface area contributed by atoms with Crippen LogP contribution in [0.1, 0.15) is 37.7 Å². The summed E-state index contributed by atoms with van der Waals surface area (Å²) in [7, 11) is 3.44. The summed E-state index contributed by atoms with van der Waals surface area (Å²) in [6.45, 7) is 11.2. The Morgan fingerprint density at radius 2 is 1.90 bits per heavy atom. The number of aliphatic imine (C=N–C) groups is 1. The minimum Gasteiger partial charge on any atom is -0.444 e. The summed E-state index contributed by atoms with van der Waals surface area (Å²) in [5.41, 5.74) is 3.72. The molecule has 0 spiro atoms. The van der Waals surface area contributed by atoms with Crippen LogP contribution < -0.4 is 10.6 Å². The van der Waals surface area contributed by atoms with Gasteiger partial charge in [0.1, 0.15) is 5.60 Å². The zero-order valence-corrected chi connectivity index (χ0v) is 21.9. The van der Waals surface area contributed by atoms with Crippen molar-refractivity contribution >= 4 is 36.0 Å². The molecule has 0 saturated heterocycles. The highest BCUT2D eigenvalue weighted by Gasteiger charge is 2.19. The Balaban J connectivity index is 0.00000480. The first kappa shape index (κ1) is 26.7. The Morgan fingerprint density at radius 3 is 2.48 bits per heavy atom. The Hall–Kier alpha value is -2.30. The molecule has 0 bridgehead atoms. The number of carbonyl (C=O) groups is 1. The minimum absolute atomic E-state index is 0. The second-order valence-corrected chi connectivity index (χ2v) is 8.22. The number of aromatic nitrogens is 2. The number of likely N-dealkylation sites (N-methyl/N-ethyl adjacent to an activating group) is 1. The van der Waals surface area contributed by atoms with Crippen LogP contribution in [0.25, 0.3) is 5.69 Å². The normalized spacial score (nSPS) is 11.5. The predicted molar refractivity (Wildman–Crippen MR) is 136 cm³/mol. The SMILES string of the molecule is CN=C(NCCN(C)C(=O)OC(C)(C)C)NCc1ccccc1-n1nc(C)cc1C.I. The maximum Gasteiger partial charge on any atom is 0.410 e. The maximum absolute atomic E-state index is 12.0. The van der Waals surface area contributed by atoms with Gasteiger partial charge in [0.2, 0.25) is 0 Å². The van der Waals surface area contributed by atoms with Gasteiger partial charge in [-0.1, -0.05) is 18.2 Å². The van der Waals surface area contributed by atoms with Gasteiger partial charge in [-0.15, -0.1) is 24.0 Å². The molecule has 1 aromatic heterocycles. The number of rotatable bonds is 6. The molecule has 1 heterocycles. The van der Waals surface area contributed by atoms with E-state index < -0.39 is 5.60 Å². The lowest BCUT2D eigenvalue weighted by molar-refractivity contribution is 0.0302. The molecular formula is C22H35IN6O2. The Morgan fingerprint density at radius 1 is 1.23 bits per heavy atom. The molecule has 0 unspecified atom stereocenters. The number of para-hydroxylation sites is 1. The van der Waals surface area contributed by atoms with Gasteiger partial charge in [0.25, 0.3) is 0 Å². The molecule has 2 rings (SSSR count). The topological polar surface area (TPSA) is 83.8 Å². The van der Waals surface area contributed by atoms with E-state index in [9.17, 15) is 4.79 Å². The first-order valence-electron chi connectivity index (χ1n) is 10.1. The van der Waals surface area contributed by atoms with Gasteiger partial charge >= 0.3 is 6.09 Å². The molecule has 172 valence electrons.